The number of piperidine rings is 1. The van der Waals surface area contributed by atoms with Crippen molar-refractivity contribution in [1.82, 2.24) is 14.9 Å². The third kappa shape index (κ3) is 5.60. The minimum absolute atomic E-state index is 0. The first-order valence-corrected chi connectivity index (χ1v) is 14.7. The summed E-state index contributed by atoms with van der Waals surface area (Å²) in [5.74, 6) is 0.147. The van der Waals surface area contributed by atoms with Crippen molar-refractivity contribution in [3.63, 3.8) is 0 Å². The summed E-state index contributed by atoms with van der Waals surface area (Å²) in [6, 6.07) is 15.9. The predicted molar refractivity (Wildman–Crippen MR) is 156 cm³/mol. The molecule has 0 radical (unpaired) electrons. The second-order valence-electron chi connectivity index (χ2n) is 11.6. The van der Waals surface area contributed by atoms with E-state index in [4.69, 9.17) is 14.5 Å². The number of carboxylic acid groups (broad SMARTS) is 1. The second-order valence-corrected chi connectivity index (χ2v) is 11.6. The van der Waals surface area contributed by atoms with E-state index in [-0.39, 0.29) is 53.2 Å². The maximum absolute atomic E-state index is 13.7. The van der Waals surface area contributed by atoms with E-state index in [0.717, 1.165) is 23.7 Å². The third-order valence-electron chi connectivity index (χ3n) is 8.71. The Labute approximate surface area is 276 Å². The molecular weight excluding hydrogens is 569 g/mol. The van der Waals surface area contributed by atoms with E-state index in [0.29, 0.717) is 72.5 Å². The molecule has 1 saturated carbocycles. The van der Waals surface area contributed by atoms with Gasteiger partial charge in [0.1, 0.15) is 22.8 Å². The van der Waals surface area contributed by atoms with Crippen LogP contribution >= 0.6 is 0 Å². The molecule has 1 amide bonds. The molecule has 2 aromatic heterocycles. The smallest absolute Gasteiger partial charge is 0.545 e. The molecule has 4 heterocycles. The zero-order chi connectivity index (χ0) is 29.7. The topological polar surface area (TPSA) is 122 Å². The average Bonchev–Trinajstić information content (AvgIpc) is 3.86. The fraction of sp³-hybridized carbons (Fsp3) is 0.324. The Hall–Kier alpha value is -3.79. The van der Waals surface area contributed by atoms with Gasteiger partial charge in [-0.15, -0.1) is 0 Å². The van der Waals surface area contributed by atoms with Gasteiger partial charge in [0.15, 0.2) is 5.78 Å². The first-order chi connectivity index (χ1) is 20.8. The molecule has 0 atom stereocenters. The van der Waals surface area contributed by atoms with Gasteiger partial charge in [-0.2, -0.15) is 0 Å². The Balaban J connectivity index is 0.00000343. The van der Waals surface area contributed by atoms with Crippen LogP contribution in [0.5, 0.6) is 11.5 Å². The third-order valence-corrected chi connectivity index (χ3v) is 8.71. The van der Waals surface area contributed by atoms with Crippen LogP contribution in [0.25, 0.3) is 22.2 Å². The number of hydrogen-bond donors (Lipinski definition) is 0. The summed E-state index contributed by atoms with van der Waals surface area (Å²) in [4.78, 5) is 49.3. The van der Waals surface area contributed by atoms with Gasteiger partial charge in [0.25, 0.3) is 5.91 Å². The monoisotopic (exact) mass is 599 g/mol. The zero-order valence-electron chi connectivity index (χ0n) is 24.8. The van der Waals surface area contributed by atoms with E-state index in [9.17, 15) is 19.5 Å². The maximum Gasteiger partial charge on any atom is 1.00 e. The molecule has 2 aromatic carbocycles. The number of benzene rings is 2. The van der Waals surface area contributed by atoms with E-state index in [1.54, 1.807) is 29.2 Å². The first kappa shape index (κ1) is 30.2. The van der Waals surface area contributed by atoms with Gasteiger partial charge in [-0.3, -0.25) is 14.6 Å². The van der Waals surface area contributed by atoms with Gasteiger partial charge in [-0.25, -0.2) is 4.98 Å². The molecular formula is C34H30N3NaO6. The Bertz CT molecular complexity index is 1800. The number of hydrogen-bond acceptors (Lipinski definition) is 8. The number of ether oxygens (including phenoxy) is 2. The van der Waals surface area contributed by atoms with E-state index in [2.05, 4.69) is 11.1 Å². The van der Waals surface area contributed by atoms with Gasteiger partial charge < -0.3 is 24.3 Å². The summed E-state index contributed by atoms with van der Waals surface area (Å²) in [5, 5.41) is 12.2. The van der Waals surface area contributed by atoms with Crippen LogP contribution in [0.2, 0.25) is 0 Å². The molecule has 0 bridgehead atoms. The summed E-state index contributed by atoms with van der Waals surface area (Å²) < 4.78 is 12.4. The molecule has 218 valence electrons. The number of carbonyl (C=O) groups excluding carboxylic acids is 3. The van der Waals surface area contributed by atoms with Crippen LogP contribution in [0.4, 0.5) is 0 Å². The molecule has 4 aromatic rings. The standard InChI is InChI=1S/C34H31N3O6.Na/c1-2-42-30-18-27(36-31-23(20-6-7-20)4-3-5-24(30)31)32(39)37-14-11-34(12-15-37)19-28(38)25-16-21(8-9-29(25)43-34)26-17-22(33(40)41)10-13-35-26;/h3-5,8-10,13,16-18,20H,2,6-7,11-12,14-15,19H2,1H3,(H,40,41);/q;+1/p-1. The molecule has 2 aliphatic heterocycles. The summed E-state index contributed by atoms with van der Waals surface area (Å²) in [6.07, 6.45) is 4.89. The largest absolute Gasteiger partial charge is 1.00 e. The molecule has 44 heavy (non-hydrogen) atoms. The van der Waals surface area contributed by atoms with E-state index < -0.39 is 11.6 Å². The average molecular weight is 600 g/mol. The Morgan fingerprint density at radius 2 is 1.89 bits per heavy atom. The number of carbonyl (C=O) groups is 3. The van der Waals surface area contributed by atoms with Crippen molar-refractivity contribution in [2.45, 2.75) is 50.5 Å². The first-order valence-electron chi connectivity index (χ1n) is 14.7. The van der Waals surface area contributed by atoms with Crippen LogP contribution < -0.4 is 44.1 Å². The number of amides is 1. The predicted octanol–water partition coefficient (Wildman–Crippen LogP) is 1.58. The number of aromatic nitrogens is 2. The normalized spacial score (nSPS) is 17.0. The van der Waals surface area contributed by atoms with Crippen molar-refractivity contribution in [3.8, 4) is 22.8 Å². The summed E-state index contributed by atoms with van der Waals surface area (Å²) in [7, 11) is 0. The molecule has 0 unspecified atom stereocenters. The maximum atomic E-state index is 13.7. The van der Waals surface area contributed by atoms with Crippen molar-refractivity contribution in [2.75, 3.05) is 19.7 Å². The molecule has 1 saturated heterocycles. The number of likely N-dealkylation sites (tertiary alicyclic amines) is 1. The number of nitrogens with zero attached hydrogens (tertiary/aromatic N) is 3. The number of rotatable bonds is 6. The summed E-state index contributed by atoms with van der Waals surface area (Å²) in [5.41, 5.74) is 3.20. The number of ketones is 1. The number of fused-ring (bicyclic) bond motifs is 2. The number of aromatic carboxylic acids is 1. The van der Waals surface area contributed by atoms with Gasteiger partial charge >= 0.3 is 29.6 Å². The van der Waals surface area contributed by atoms with Gasteiger partial charge in [0.05, 0.1) is 35.8 Å². The fourth-order valence-corrected chi connectivity index (χ4v) is 6.27. The van der Waals surface area contributed by atoms with Crippen molar-refractivity contribution in [3.05, 3.63) is 83.2 Å². The van der Waals surface area contributed by atoms with Gasteiger partial charge in [0, 0.05) is 54.7 Å². The van der Waals surface area contributed by atoms with Gasteiger partial charge in [-0.1, -0.05) is 12.1 Å². The van der Waals surface area contributed by atoms with Crippen LogP contribution in [-0.4, -0.2) is 57.8 Å². The number of para-hydroxylation sites is 1. The van der Waals surface area contributed by atoms with Gasteiger partial charge in [-0.05, 0) is 67.6 Å². The van der Waals surface area contributed by atoms with Crippen molar-refractivity contribution < 1.29 is 58.5 Å². The molecule has 10 heteroatoms. The number of carboxylic acids is 1. The van der Waals surface area contributed by atoms with Crippen LogP contribution in [0.15, 0.2) is 60.8 Å². The Kier molecular flexibility index (Phi) is 8.22. The second kappa shape index (κ2) is 12.0. The molecule has 3 aliphatic rings. The van der Waals surface area contributed by atoms with Crippen LogP contribution in [0.1, 0.15) is 81.7 Å². The van der Waals surface area contributed by atoms with Crippen molar-refractivity contribution >= 4 is 28.6 Å². The minimum Gasteiger partial charge on any atom is -0.545 e. The minimum atomic E-state index is -1.29. The molecule has 7 rings (SSSR count). The SMILES string of the molecule is CCOc1cc(C(=O)N2CCC3(CC2)CC(=O)c2cc(-c4cc(C(=O)[O-])ccn4)ccc2O3)nc2c(C3CC3)cccc12.[Na+]. The molecule has 0 N–H and O–H groups in total. The van der Waals surface area contributed by atoms with E-state index >= 15 is 0 Å². The van der Waals surface area contributed by atoms with Gasteiger partial charge in [0.2, 0.25) is 0 Å². The quantitative estimate of drug-likeness (QED) is 0.307. The molecule has 2 fully saturated rings. The molecule has 1 spiro atoms. The van der Waals surface area contributed by atoms with Crippen molar-refractivity contribution in [2.24, 2.45) is 0 Å². The molecule has 1 aliphatic carbocycles. The van der Waals surface area contributed by atoms with Crippen LogP contribution in [-0.2, 0) is 0 Å². The van der Waals surface area contributed by atoms with Crippen LogP contribution in [0, 0.1) is 0 Å². The van der Waals surface area contributed by atoms with Crippen molar-refractivity contribution in [1.29, 1.82) is 0 Å². The summed E-state index contributed by atoms with van der Waals surface area (Å²) in [6.45, 7) is 3.29. The van der Waals surface area contributed by atoms with Crippen LogP contribution in [0.3, 0.4) is 0 Å². The zero-order valence-corrected chi connectivity index (χ0v) is 26.8. The van der Waals surface area contributed by atoms with E-state index in [1.807, 2.05) is 19.1 Å². The Morgan fingerprint density at radius 1 is 1.09 bits per heavy atom. The molecule has 9 nitrogen and oxygen atoms in total. The fourth-order valence-electron chi connectivity index (χ4n) is 6.27. The van der Waals surface area contributed by atoms with E-state index in [1.165, 1.54) is 23.9 Å². The Morgan fingerprint density at radius 3 is 2.61 bits per heavy atom. The summed E-state index contributed by atoms with van der Waals surface area (Å²) >= 11 is 0. The number of Topliss-reactive ketones (excluding diaryl/α,β-unsaturated/α-hetero) is 1. The number of pyridine rings is 2.